The van der Waals surface area contributed by atoms with Gasteiger partial charge in [0.05, 0.1) is 15.2 Å². The van der Waals surface area contributed by atoms with Crippen molar-refractivity contribution >= 4 is 46.6 Å². The number of nitrogens with one attached hydrogen (secondary N) is 1. The zero-order valence-corrected chi connectivity index (χ0v) is 15.0. The van der Waals surface area contributed by atoms with E-state index in [1.165, 1.54) is 23.9 Å². The molecule has 0 heterocycles. The number of hydrogen-bond donors (Lipinski definition) is 1. The van der Waals surface area contributed by atoms with Crippen LogP contribution in [0.5, 0.6) is 0 Å². The van der Waals surface area contributed by atoms with Gasteiger partial charge in [-0.05, 0) is 30.7 Å². The summed E-state index contributed by atoms with van der Waals surface area (Å²) in [6.45, 7) is 2.07. The van der Waals surface area contributed by atoms with Crippen molar-refractivity contribution in [3.63, 3.8) is 0 Å². The van der Waals surface area contributed by atoms with Crippen LogP contribution in [0.25, 0.3) is 0 Å². The molecule has 8 heteroatoms. The second kappa shape index (κ2) is 8.37. The lowest BCUT2D eigenvalue weighted by molar-refractivity contribution is -0.384. The van der Waals surface area contributed by atoms with Crippen LogP contribution in [0, 0.1) is 10.1 Å². The molecule has 24 heavy (non-hydrogen) atoms. The Morgan fingerprint density at radius 1 is 1.25 bits per heavy atom. The fraction of sp³-hybridized carbons (Fsp3) is 0.188. The first-order chi connectivity index (χ1) is 11.4. The highest BCUT2D eigenvalue weighted by Gasteiger charge is 2.16. The van der Waals surface area contributed by atoms with Crippen LogP contribution in [0.1, 0.15) is 12.5 Å². The molecule has 1 unspecified atom stereocenters. The van der Waals surface area contributed by atoms with E-state index in [-0.39, 0.29) is 16.8 Å². The van der Waals surface area contributed by atoms with Gasteiger partial charge in [0.15, 0.2) is 0 Å². The number of amides is 1. The van der Waals surface area contributed by atoms with E-state index in [0.29, 0.717) is 16.6 Å². The summed E-state index contributed by atoms with van der Waals surface area (Å²) in [4.78, 5) is 23.1. The fourth-order valence-electron chi connectivity index (χ4n) is 1.88. The van der Waals surface area contributed by atoms with Crippen molar-refractivity contribution in [3.05, 3.63) is 68.2 Å². The first-order valence-corrected chi connectivity index (χ1v) is 8.63. The molecule has 2 rings (SSSR count). The van der Waals surface area contributed by atoms with Gasteiger partial charge in [-0.1, -0.05) is 35.3 Å². The lowest BCUT2D eigenvalue weighted by Gasteiger charge is -2.13. The van der Waals surface area contributed by atoms with E-state index >= 15 is 0 Å². The van der Waals surface area contributed by atoms with Crippen molar-refractivity contribution < 1.29 is 9.72 Å². The van der Waals surface area contributed by atoms with E-state index in [9.17, 15) is 14.9 Å². The summed E-state index contributed by atoms with van der Waals surface area (Å²) in [5, 5.41) is 14.1. The highest BCUT2D eigenvalue weighted by atomic mass is 35.5. The van der Waals surface area contributed by atoms with Crippen molar-refractivity contribution in [1.29, 1.82) is 0 Å². The molecule has 2 aromatic carbocycles. The van der Waals surface area contributed by atoms with E-state index in [4.69, 9.17) is 23.2 Å². The SMILES string of the molecule is CC(Sc1cc(Cl)ccc1Cl)C(=O)NCc1ccc([N+](=O)[O-])cc1. The Morgan fingerprint density at radius 2 is 1.92 bits per heavy atom. The van der Waals surface area contributed by atoms with Crippen LogP contribution < -0.4 is 5.32 Å². The number of non-ortho nitro benzene ring substituents is 1. The van der Waals surface area contributed by atoms with E-state index in [1.807, 2.05) is 0 Å². The number of carbonyl (C=O) groups excluding carboxylic acids is 1. The maximum absolute atomic E-state index is 12.2. The normalized spacial score (nSPS) is 11.8. The van der Waals surface area contributed by atoms with Gasteiger partial charge in [-0.2, -0.15) is 0 Å². The van der Waals surface area contributed by atoms with Gasteiger partial charge >= 0.3 is 0 Å². The van der Waals surface area contributed by atoms with Gasteiger partial charge in [0.25, 0.3) is 5.69 Å². The highest BCUT2D eigenvalue weighted by Crippen LogP contribution is 2.32. The molecule has 1 atom stereocenters. The van der Waals surface area contributed by atoms with Crippen molar-refractivity contribution in [2.45, 2.75) is 23.6 Å². The minimum atomic E-state index is -0.462. The average molecular weight is 385 g/mol. The quantitative estimate of drug-likeness (QED) is 0.445. The van der Waals surface area contributed by atoms with E-state index in [2.05, 4.69) is 5.32 Å². The second-order valence-electron chi connectivity index (χ2n) is 4.98. The highest BCUT2D eigenvalue weighted by molar-refractivity contribution is 8.00. The minimum absolute atomic E-state index is 0.0181. The number of nitro groups is 1. The molecule has 5 nitrogen and oxygen atoms in total. The third kappa shape index (κ3) is 5.12. The molecule has 0 saturated carbocycles. The zero-order valence-electron chi connectivity index (χ0n) is 12.7. The average Bonchev–Trinajstić information content (AvgIpc) is 2.56. The monoisotopic (exact) mass is 384 g/mol. The molecule has 0 aliphatic rings. The van der Waals surface area contributed by atoms with E-state index in [0.717, 1.165) is 10.5 Å². The van der Waals surface area contributed by atoms with Gasteiger partial charge in [-0.3, -0.25) is 14.9 Å². The minimum Gasteiger partial charge on any atom is -0.351 e. The summed E-state index contributed by atoms with van der Waals surface area (Å²) < 4.78 is 0. The summed E-state index contributed by atoms with van der Waals surface area (Å²) in [7, 11) is 0. The van der Waals surface area contributed by atoms with Gasteiger partial charge in [0, 0.05) is 28.6 Å². The van der Waals surface area contributed by atoms with Gasteiger partial charge in [-0.15, -0.1) is 11.8 Å². The van der Waals surface area contributed by atoms with Crippen LogP contribution in [0.2, 0.25) is 10.0 Å². The molecule has 0 radical (unpaired) electrons. The molecule has 1 N–H and O–H groups in total. The molecule has 2 aromatic rings. The van der Waals surface area contributed by atoms with Gasteiger partial charge in [-0.25, -0.2) is 0 Å². The molecular weight excluding hydrogens is 371 g/mol. The number of halogens is 2. The van der Waals surface area contributed by atoms with Crippen molar-refractivity contribution in [3.8, 4) is 0 Å². The summed E-state index contributed by atoms with van der Waals surface area (Å²) in [5.74, 6) is -0.158. The van der Waals surface area contributed by atoms with Crippen LogP contribution >= 0.6 is 35.0 Å². The Labute approximate surface area is 153 Å². The Bertz CT molecular complexity index is 753. The lowest BCUT2D eigenvalue weighted by atomic mass is 10.2. The largest absolute Gasteiger partial charge is 0.351 e. The van der Waals surface area contributed by atoms with Crippen LogP contribution in [0.15, 0.2) is 47.4 Å². The number of rotatable bonds is 6. The number of thioether (sulfide) groups is 1. The molecule has 0 bridgehead atoms. The van der Waals surface area contributed by atoms with Gasteiger partial charge in [0.2, 0.25) is 5.91 Å². The molecule has 0 saturated heterocycles. The molecule has 0 fully saturated rings. The number of carbonyl (C=O) groups is 1. The maximum atomic E-state index is 12.2. The summed E-state index contributed by atoms with van der Waals surface area (Å²) in [5.41, 5.74) is 0.802. The van der Waals surface area contributed by atoms with E-state index in [1.54, 1.807) is 37.3 Å². The number of nitrogens with zero attached hydrogens (tertiary/aromatic N) is 1. The van der Waals surface area contributed by atoms with Crippen molar-refractivity contribution in [2.75, 3.05) is 0 Å². The standard InChI is InChI=1S/C16H14Cl2N2O3S/c1-10(24-15-8-12(17)4-7-14(15)18)16(21)19-9-11-2-5-13(6-3-11)20(22)23/h2-8,10H,9H2,1H3,(H,19,21). The van der Waals surface area contributed by atoms with Gasteiger partial charge < -0.3 is 5.32 Å². The van der Waals surface area contributed by atoms with Crippen LogP contribution in [0.3, 0.4) is 0 Å². The molecule has 1 amide bonds. The van der Waals surface area contributed by atoms with Crippen LogP contribution in [-0.4, -0.2) is 16.1 Å². The number of benzene rings is 2. The predicted molar refractivity (Wildman–Crippen MR) is 96.7 cm³/mol. The Morgan fingerprint density at radius 3 is 2.54 bits per heavy atom. The fourth-order valence-corrected chi connectivity index (χ4v) is 3.31. The maximum Gasteiger partial charge on any atom is 0.269 e. The van der Waals surface area contributed by atoms with Gasteiger partial charge in [0.1, 0.15) is 0 Å². The smallest absolute Gasteiger partial charge is 0.269 e. The zero-order chi connectivity index (χ0) is 17.7. The third-order valence-electron chi connectivity index (χ3n) is 3.18. The molecule has 126 valence electrons. The predicted octanol–water partition coefficient (Wildman–Crippen LogP) is 4.70. The summed E-state index contributed by atoms with van der Waals surface area (Å²) >= 11 is 13.3. The van der Waals surface area contributed by atoms with Crippen LogP contribution in [-0.2, 0) is 11.3 Å². The molecule has 0 spiro atoms. The Balaban J connectivity index is 1.91. The molecule has 0 aromatic heterocycles. The van der Waals surface area contributed by atoms with Crippen molar-refractivity contribution in [1.82, 2.24) is 5.32 Å². The Hall–Kier alpha value is -1.76. The second-order valence-corrected chi connectivity index (χ2v) is 7.20. The topological polar surface area (TPSA) is 72.2 Å². The van der Waals surface area contributed by atoms with E-state index < -0.39 is 4.92 Å². The Kier molecular flexibility index (Phi) is 6.48. The summed E-state index contributed by atoms with van der Waals surface area (Å²) in [6, 6.07) is 11.1. The van der Waals surface area contributed by atoms with Crippen molar-refractivity contribution in [2.24, 2.45) is 0 Å². The molecular formula is C16H14Cl2N2O3S. The first-order valence-electron chi connectivity index (χ1n) is 6.99. The number of nitro benzene ring substituents is 1. The third-order valence-corrected chi connectivity index (χ3v) is 5.02. The number of hydrogen-bond acceptors (Lipinski definition) is 4. The molecule has 0 aliphatic heterocycles. The lowest BCUT2D eigenvalue weighted by Crippen LogP contribution is -2.30. The summed E-state index contributed by atoms with van der Waals surface area (Å²) in [6.07, 6.45) is 0. The molecule has 0 aliphatic carbocycles. The first kappa shape index (κ1) is 18.6. The van der Waals surface area contributed by atoms with Crippen LogP contribution in [0.4, 0.5) is 5.69 Å².